The van der Waals surface area contributed by atoms with Crippen LogP contribution in [-0.2, 0) is 17.7 Å². The molecular formula is C28H26N4O4S2. The van der Waals surface area contributed by atoms with Crippen molar-refractivity contribution in [2.75, 3.05) is 32.6 Å². The molecule has 1 atom stereocenters. The van der Waals surface area contributed by atoms with Gasteiger partial charge in [0.15, 0.2) is 9.79 Å². The Hall–Kier alpha value is -3.70. The average molecular weight is 547 g/mol. The van der Waals surface area contributed by atoms with Crippen molar-refractivity contribution in [3.63, 3.8) is 0 Å². The summed E-state index contributed by atoms with van der Waals surface area (Å²) >= 11 is -0.0361. The van der Waals surface area contributed by atoms with E-state index in [2.05, 4.69) is 20.5 Å². The molecule has 38 heavy (non-hydrogen) atoms. The maximum absolute atomic E-state index is 13.1. The van der Waals surface area contributed by atoms with Gasteiger partial charge in [-0.15, -0.1) is 11.3 Å². The number of likely N-dealkylation sites (N-methyl/N-ethyl adjacent to an activating group) is 1. The molecule has 0 bridgehead atoms. The van der Waals surface area contributed by atoms with Crippen LogP contribution in [0.5, 0.6) is 5.75 Å². The number of carbonyl (C=O) groups excluding carboxylic acids is 2. The fourth-order valence-electron chi connectivity index (χ4n) is 3.89. The molecule has 0 aliphatic carbocycles. The SMILES string of the molecule is CN(C)CCOc1ccc(-c2ncc(CNC(=O)c3ccc4c(c3)NC(=O)c3ccccc3[S+]4[O-])s2)cc1. The molecule has 1 aliphatic heterocycles. The number of nitrogens with one attached hydrogen (secondary N) is 2. The van der Waals surface area contributed by atoms with Crippen LogP contribution in [0.25, 0.3) is 10.6 Å². The molecule has 0 fully saturated rings. The summed E-state index contributed by atoms with van der Waals surface area (Å²) in [7, 11) is 4.01. The number of anilines is 1. The van der Waals surface area contributed by atoms with Crippen molar-refractivity contribution in [1.29, 1.82) is 0 Å². The number of rotatable bonds is 8. The Morgan fingerprint density at radius 2 is 1.89 bits per heavy atom. The Bertz CT molecular complexity index is 1470. The Kier molecular flexibility index (Phi) is 7.75. The van der Waals surface area contributed by atoms with Gasteiger partial charge in [0, 0.05) is 39.9 Å². The lowest BCUT2D eigenvalue weighted by molar-refractivity contribution is 0.0949. The molecule has 8 nitrogen and oxygen atoms in total. The Balaban J connectivity index is 1.22. The van der Waals surface area contributed by atoms with Crippen LogP contribution in [0.1, 0.15) is 25.6 Å². The van der Waals surface area contributed by atoms with Crippen molar-refractivity contribution in [1.82, 2.24) is 15.2 Å². The van der Waals surface area contributed by atoms with Gasteiger partial charge in [-0.2, -0.15) is 0 Å². The van der Waals surface area contributed by atoms with E-state index in [0.717, 1.165) is 27.7 Å². The molecule has 4 aromatic rings. The van der Waals surface area contributed by atoms with Gasteiger partial charge in [0.25, 0.3) is 11.8 Å². The van der Waals surface area contributed by atoms with E-state index in [9.17, 15) is 14.1 Å². The average Bonchev–Trinajstić information content (AvgIpc) is 3.37. The summed E-state index contributed by atoms with van der Waals surface area (Å²) in [6, 6.07) is 19.4. The number of hydrogen-bond acceptors (Lipinski definition) is 7. The minimum atomic E-state index is -1.54. The van der Waals surface area contributed by atoms with Crippen LogP contribution in [0.15, 0.2) is 82.7 Å². The highest BCUT2D eigenvalue weighted by molar-refractivity contribution is 7.91. The topological polar surface area (TPSA) is 107 Å². The molecule has 0 spiro atoms. The van der Waals surface area contributed by atoms with Gasteiger partial charge < -0.3 is 24.8 Å². The van der Waals surface area contributed by atoms with Crippen molar-refractivity contribution in [3.05, 3.63) is 88.9 Å². The maximum Gasteiger partial charge on any atom is 0.260 e. The van der Waals surface area contributed by atoms with E-state index >= 15 is 0 Å². The van der Waals surface area contributed by atoms with E-state index in [1.54, 1.807) is 48.7 Å². The summed E-state index contributed by atoms with van der Waals surface area (Å²) in [6.45, 7) is 1.77. The molecule has 1 aromatic heterocycles. The summed E-state index contributed by atoms with van der Waals surface area (Å²) in [5.74, 6) is 0.156. The number of ether oxygens (including phenoxy) is 1. The molecule has 2 heterocycles. The number of fused-ring (bicyclic) bond motifs is 2. The number of nitrogens with zero attached hydrogens (tertiary/aromatic N) is 2. The number of thiazole rings is 1. The third-order valence-corrected chi connectivity index (χ3v) is 8.46. The number of amides is 2. The molecule has 1 unspecified atom stereocenters. The number of hydrogen-bond donors (Lipinski definition) is 2. The van der Waals surface area contributed by atoms with Gasteiger partial charge in [-0.05, 0) is 68.7 Å². The van der Waals surface area contributed by atoms with E-state index in [1.165, 1.54) is 11.3 Å². The molecule has 0 radical (unpaired) electrons. The van der Waals surface area contributed by atoms with E-state index in [-0.39, 0.29) is 11.8 Å². The first-order valence-corrected chi connectivity index (χ1v) is 13.9. The number of aromatic nitrogens is 1. The normalized spacial score (nSPS) is 14.3. The van der Waals surface area contributed by atoms with Crippen LogP contribution >= 0.6 is 11.3 Å². The third-order valence-electron chi connectivity index (χ3n) is 5.91. The van der Waals surface area contributed by atoms with E-state index < -0.39 is 11.2 Å². The fourth-order valence-corrected chi connectivity index (χ4v) is 6.04. The zero-order chi connectivity index (χ0) is 26.6. The van der Waals surface area contributed by atoms with Crippen LogP contribution in [0.3, 0.4) is 0 Å². The molecule has 3 aromatic carbocycles. The molecule has 5 rings (SSSR count). The summed E-state index contributed by atoms with van der Waals surface area (Å²) in [5.41, 5.74) is 2.07. The van der Waals surface area contributed by atoms with Gasteiger partial charge in [0.05, 0.1) is 17.8 Å². The molecular weight excluding hydrogens is 520 g/mol. The maximum atomic E-state index is 13.1. The fraction of sp³-hybridized carbons (Fsp3) is 0.179. The second-order valence-electron chi connectivity index (χ2n) is 8.92. The van der Waals surface area contributed by atoms with Crippen molar-refractivity contribution >= 4 is 40.0 Å². The molecule has 194 valence electrons. The van der Waals surface area contributed by atoms with Crippen LogP contribution in [0.2, 0.25) is 0 Å². The predicted molar refractivity (Wildman–Crippen MR) is 148 cm³/mol. The molecule has 0 saturated heterocycles. The van der Waals surface area contributed by atoms with Gasteiger partial charge in [0.1, 0.15) is 17.4 Å². The lowest BCUT2D eigenvalue weighted by atomic mass is 10.1. The minimum absolute atomic E-state index is 0.302. The van der Waals surface area contributed by atoms with E-state index in [1.807, 2.05) is 38.4 Å². The van der Waals surface area contributed by atoms with Gasteiger partial charge in [-0.25, -0.2) is 4.98 Å². The summed E-state index contributed by atoms with van der Waals surface area (Å²) in [5, 5.41) is 6.54. The Labute approximate surface area is 227 Å². The zero-order valence-corrected chi connectivity index (χ0v) is 22.5. The largest absolute Gasteiger partial charge is 0.606 e. The van der Waals surface area contributed by atoms with Crippen molar-refractivity contribution in [3.8, 4) is 16.3 Å². The van der Waals surface area contributed by atoms with E-state index in [0.29, 0.717) is 39.8 Å². The van der Waals surface area contributed by atoms with Crippen LogP contribution in [0.4, 0.5) is 5.69 Å². The van der Waals surface area contributed by atoms with Gasteiger partial charge in [-0.3, -0.25) is 9.59 Å². The lowest BCUT2D eigenvalue weighted by Crippen LogP contribution is -2.22. The summed E-state index contributed by atoms with van der Waals surface area (Å²) < 4.78 is 18.8. The lowest BCUT2D eigenvalue weighted by Gasteiger charge is -2.12. The minimum Gasteiger partial charge on any atom is -0.606 e. The monoisotopic (exact) mass is 546 g/mol. The summed E-state index contributed by atoms with van der Waals surface area (Å²) in [4.78, 5) is 33.9. The highest BCUT2D eigenvalue weighted by Crippen LogP contribution is 2.34. The molecule has 1 aliphatic rings. The van der Waals surface area contributed by atoms with Crippen molar-refractivity contribution < 1.29 is 18.9 Å². The predicted octanol–water partition coefficient (Wildman–Crippen LogP) is 4.41. The summed E-state index contributed by atoms with van der Waals surface area (Å²) in [6.07, 6.45) is 1.75. The smallest absolute Gasteiger partial charge is 0.260 e. The third kappa shape index (κ3) is 5.73. The van der Waals surface area contributed by atoms with Crippen LogP contribution in [-0.4, -0.2) is 53.5 Å². The Morgan fingerprint density at radius 1 is 1.11 bits per heavy atom. The highest BCUT2D eigenvalue weighted by Gasteiger charge is 2.30. The van der Waals surface area contributed by atoms with E-state index in [4.69, 9.17) is 4.74 Å². The quantitative estimate of drug-likeness (QED) is 0.317. The standard InChI is InChI=1S/C28H26N4O4S2/c1-32(2)13-14-36-20-10-7-18(8-11-20)28-30-17-21(37-28)16-29-26(33)19-9-12-25-23(15-19)31-27(34)22-5-3-4-6-24(22)38(25)35/h3-12,15,17H,13-14,16H2,1-2H3,(H,29,33)(H,31,34). The van der Waals surface area contributed by atoms with Gasteiger partial charge in [-0.1, -0.05) is 12.1 Å². The molecule has 10 heteroatoms. The zero-order valence-electron chi connectivity index (χ0n) is 20.9. The molecule has 2 amide bonds. The van der Waals surface area contributed by atoms with Crippen molar-refractivity contribution in [2.24, 2.45) is 0 Å². The number of carbonyl (C=O) groups is 2. The van der Waals surface area contributed by atoms with Crippen LogP contribution in [0, 0.1) is 0 Å². The first kappa shape index (κ1) is 25.9. The van der Waals surface area contributed by atoms with Crippen molar-refractivity contribution in [2.45, 2.75) is 16.3 Å². The second kappa shape index (κ2) is 11.4. The first-order valence-electron chi connectivity index (χ1n) is 12.0. The highest BCUT2D eigenvalue weighted by atomic mass is 32.2. The number of benzene rings is 3. The second-order valence-corrected chi connectivity index (χ2v) is 11.5. The first-order chi connectivity index (χ1) is 18.4. The van der Waals surface area contributed by atoms with Gasteiger partial charge >= 0.3 is 0 Å². The molecule has 2 N–H and O–H groups in total. The Morgan fingerprint density at radius 3 is 2.68 bits per heavy atom. The van der Waals surface area contributed by atoms with Gasteiger partial charge in [0.2, 0.25) is 0 Å². The van der Waals surface area contributed by atoms with Crippen LogP contribution < -0.4 is 15.4 Å². The molecule has 0 saturated carbocycles.